The number of H-pyrrole nitrogens is 1. The summed E-state index contributed by atoms with van der Waals surface area (Å²) in [6.45, 7) is -0.221. The molecule has 3 heterocycles. The molecule has 36 heavy (non-hydrogen) atoms. The third-order valence-corrected chi connectivity index (χ3v) is 8.54. The van der Waals surface area contributed by atoms with Crippen molar-refractivity contribution >= 4 is 32.9 Å². The number of rotatable bonds is 6. The lowest BCUT2D eigenvalue weighted by Crippen LogP contribution is -2.60. The largest absolute Gasteiger partial charge is 0.496 e. The first-order chi connectivity index (χ1) is 17.2. The van der Waals surface area contributed by atoms with Crippen molar-refractivity contribution in [1.82, 2.24) is 18.6 Å². The molecule has 2 aliphatic rings. The van der Waals surface area contributed by atoms with Crippen LogP contribution in [0, 0.1) is 5.82 Å². The van der Waals surface area contributed by atoms with E-state index in [-0.39, 0.29) is 19.5 Å². The minimum absolute atomic E-state index is 0.111. The van der Waals surface area contributed by atoms with Crippen LogP contribution in [-0.2, 0) is 10.2 Å². The van der Waals surface area contributed by atoms with Crippen LogP contribution < -0.4 is 4.74 Å². The van der Waals surface area contributed by atoms with Gasteiger partial charge in [0.15, 0.2) is 0 Å². The van der Waals surface area contributed by atoms with E-state index in [1.807, 2.05) is 12.1 Å². The fourth-order valence-electron chi connectivity index (χ4n) is 4.78. The van der Waals surface area contributed by atoms with Gasteiger partial charge in [0.1, 0.15) is 17.2 Å². The number of ether oxygens (including phenoxy) is 1. The van der Waals surface area contributed by atoms with Gasteiger partial charge in [-0.05, 0) is 60.7 Å². The molecule has 3 aromatic rings. The Labute approximate surface area is 206 Å². The smallest absolute Gasteiger partial charge is 0.422 e. The molecule has 0 spiro atoms. The highest BCUT2D eigenvalue weighted by Crippen LogP contribution is 2.38. The Balaban J connectivity index is 1.43. The highest BCUT2D eigenvalue weighted by atomic mass is 32.2. The Kier molecular flexibility index (Phi) is 6.18. The van der Waals surface area contributed by atoms with Crippen molar-refractivity contribution in [3.63, 3.8) is 0 Å². The number of methoxy groups -OCH3 is 1. The maximum absolute atomic E-state index is 14.0. The number of pyridine rings is 1. The fourth-order valence-corrected chi connectivity index (χ4v) is 6.51. The first-order valence-electron chi connectivity index (χ1n) is 11.4. The summed E-state index contributed by atoms with van der Waals surface area (Å²) < 4.78 is 46.5. The fraction of sp³-hybridized carbons (Fsp3) is 0.333. The summed E-state index contributed by atoms with van der Waals surface area (Å²) in [5.41, 5.74) is 3.61. The van der Waals surface area contributed by atoms with Crippen molar-refractivity contribution in [2.24, 2.45) is 0 Å². The Morgan fingerprint density at radius 2 is 2.03 bits per heavy atom. The number of hydrogen-bond acceptors (Lipinski definition) is 6. The maximum atomic E-state index is 14.0. The summed E-state index contributed by atoms with van der Waals surface area (Å²) in [7, 11) is -2.71. The predicted molar refractivity (Wildman–Crippen MR) is 130 cm³/mol. The van der Waals surface area contributed by atoms with Gasteiger partial charge in [0.2, 0.25) is 0 Å². The molecular formula is C24H25FN4O6S. The van der Waals surface area contributed by atoms with Crippen LogP contribution in [0.4, 0.5) is 9.18 Å². The number of aromatic amines is 1. The molecule has 190 valence electrons. The molecule has 10 nitrogen and oxygen atoms in total. The third kappa shape index (κ3) is 4.21. The number of nitrogens with one attached hydrogen (secondary N) is 1. The Morgan fingerprint density at radius 3 is 2.67 bits per heavy atom. The summed E-state index contributed by atoms with van der Waals surface area (Å²) in [5, 5.41) is 19.9. The second kappa shape index (κ2) is 9.19. The predicted octanol–water partition coefficient (Wildman–Crippen LogP) is 3.21. The molecule has 5 rings (SSSR count). The van der Waals surface area contributed by atoms with E-state index in [9.17, 15) is 27.8 Å². The number of hydrogen-bond donors (Lipinski definition) is 3. The van der Waals surface area contributed by atoms with E-state index in [2.05, 4.69) is 9.97 Å². The quantitative estimate of drug-likeness (QED) is 0.458. The second-order valence-corrected chi connectivity index (χ2v) is 10.7. The molecule has 1 aromatic carbocycles. The summed E-state index contributed by atoms with van der Waals surface area (Å²) in [5.74, 6) is 0.134. The molecular weight excluding hydrogens is 491 g/mol. The lowest BCUT2D eigenvalue weighted by molar-refractivity contribution is 0.0488. The number of β-amino-alcohol motifs (C(OH)–C–C–N with tert-alkyl or cyclic N) is 1. The topological polar surface area (TPSA) is 136 Å². The van der Waals surface area contributed by atoms with Crippen LogP contribution in [0.5, 0.6) is 5.75 Å². The minimum atomic E-state index is -4.23. The number of aromatic nitrogens is 2. The number of benzene rings is 1. The lowest BCUT2D eigenvalue weighted by atomic mass is 9.93. The lowest BCUT2D eigenvalue weighted by Gasteiger charge is -2.40. The van der Waals surface area contributed by atoms with Gasteiger partial charge in [-0.15, -0.1) is 0 Å². The standard InChI is InChI=1S/C24H25FN4O6S/c1-35-22-7-4-15(25)10-19(22)18-8-9-26-23-20(18)11-21(27-23)14-2-5-16(6-3-14)29(24(31)32)36(33,34)28-12-17(30)13-28/h2,4,7-11,16-17,30H,3,5-6,12-13H2,1H3,(H,26,27)(H,31,32). The number of aliphatic hydroxyl groups is 1. The number of fused-ring (bicyclic) bond motifs is 1. The van der Waals surface area contributed by atoms with Crippen molar-refractivity contribution in [3.8, 4) is 16.9 Å². The summed E-state index contributed by atoms with van der Waals surface area (Å²) in [6.07, 6.45) is 2.10. The Bertz CT molecular complexity index is 1460. The van der Waals surface area contributed by atoms with Gasteiger partial charge in [0, 0.05) is 35.9 Å². The van der Waals surface area contributed by atoms with E-state index in [1.54, 1.807) is 18.3 Å². The first kappa shape index (κ1) is 24.2. The molecule has 2 aromatic heterocycles. The zero-order valence-electron chi connectivity index (χ0n) is 19.4. The van der Waals surface area contributed by atoms with Crippen molar-refractivity contribution in [3.05, 3.63) is 54.1 Å². The number of aliphatic hydroxyl groups excluding tert-OH is 1. The van der Waals surface area contributed by atoms with Gasteiger partial charge in [-0.2, -0.15) is 17.0 Å². The molecule has 1 aliphatic heterocycles. The second-order valence-electron chi connectivity index (χ2n) is 8.86. The van der Waals surface area contributed by atoms with Crippen LogP contribution in [0.3, 0.4) is 0 Å². The molecule has 0 radical (unpaired) electrons. The molecule has 1 saturated heterocycles. The number of amides is 1. The zero-order valence-corrected chi connectivity index (χ0v) is 20.2. The van der Waals surface area contributed by atoms with Gasteiger partial charge in [0.05, 0.1) is 19.3 Å². The van der Waals surface area contributed by atoms with E-state index < -0.39 is 34.3 Å². The molecule has 1 aliphatic carbocycles. The van der Waals surface area contributed by atoms with E-state index in [0.29, 0.717) is 34.1 Å². The molecule has 1 atom stereocenters. The van der Waals surface area contributed by atoms with Gasteiger partial charge < -0.3 is 19.9 Å². The van der Waals surface area contributed by atoms with Crippen molar-refractivity contribution in [1.29, 1.82) is 0 Å². The number of carbonyl (C=O) groups is 1. The first-order valence-corrected chi connectivity index (χ1v) is 12.8. The van der Waals surface area contributed by atoms with Crippen LogP contribution in [0.1, 0.15) is 25.0 Å². The molecule has 1 unspecified atom stereocenters. The van der Waals surface area contributed by atoms with E-state index in [1.165, 1.54) is 19.2 Å². The zero-order chi connectivity index (χ0) is 25.6. The SMILES string of the molecule is COc1ccc(F)cc1-c1ccnc2[nH]c(C3=CCC(N(C(=O)O)S(=O)(=O)N4CC(O)C4)CC3)cc12. The minimum Gasteiger partial charge on any atom is -0.496 e. The van der Waals surface area contributed by atoms with Crippen LogP contribution >= 0.6 is 0 Å². The monoisotopic (exact) mass is 516 g/mol. The molecule has 0 saturated carbocycles. The van der Waals surface area contributed by atoms with E-state index in [4.69, 9.17) is 4.74 Å². The summed E-state index contributed by atoms with van der Waals surface area (Å²) in [4.78, 5) is 19.5. The van der Waals surface area contributed by atoms with Crippen LogP contribution in [0.2, 0.25) is 0 Å². The molecule has 1 amide bonds. The van der Waals surface area contributed by atoms with Gasteiger partial charge in [0.25, 0.3) is 0 Å². The molecule has 0 bridgehead atoms. The summed E-state index contributed by atoms with van der Waals surface area (Å²) in [6, 6.07) is 7.24. The Morgan fingerprint density at radius 1 is 1.25 bits per heavy atom. The summed E-state index contributed by atoms with van der Waals surface area (Å²) >= 11 is 0. The molecule has 3 N–H and O–H groups in total. The van der Waals surface area contributed by atoms with Crippen molar-refractivity contribution in [2.45, 2.75) is 31.4 Å². The van der Waals surface area contributed by atoms with Crippen molar-refractivity contribution in [2.75, 3.05) is 20.2 Å². The number of halogens is 1. The Hall–Kier alpha value is -3.48. The van der Waals surface area contributed by atoms with Gasteiger partial charge in [-0.1, -0.05) is 6.08 Å². The van der Waals surface area contributed by atoms with Crippen molar-refractivity contribution < 1.29 is 32.6 Å². The van der Waals surface area contributed by atoms with Crippen LogP contribution in [0.25, 0.3) is 27.7 Å². The van der Waals surface area contributed by atoms with Crippen LogP contribution in [-0.4, -0.2) is 75.6 Å². The van der Waals surface area contributed by atoms with Gasteiger partial charge in [-0.3, -0.25) is 0 Å². The van der Waals surface area contributed by atoms with E-state index in [0.717, 1.165) is 26.5 Å². The van der Waals surface area contributed by atoms with Gasteiger partial charge >= 0.3 is 16.3 Å². The average molecular weight is 517 g/mol. The normalized spacial score (nSPS) is 19.1. The third-order valence-electron chi connectivity index (χ3n) is 6.64. The number of nitrogens with zero attached hydrogens (tertiary/aromatic N) is 3. The van der Waals surface area contributed by atoms with E-state index >= 15 is 0 Å². The number of allylic oxidation sites excluding steroid dienone is 1. The maximum Gasteiger partial charge on any atom is 0.422 e. The highest BCUT2D eigenvalue weighted by molar-refractivity contribution is 7.87. The number of carboxylic acid groups (broad SMARTS) is 1. The molecule has 12 heteroatoms. The van der Waals surface area contributed by atoms with Crippen LogP contribution in [0.15, 0.2) is 42.6 Å². The average Bonchev–Trinajstić information content (AvgIpc) is 3.26. The molecule has 1 fully saturated rings. The van der Waals surface area contributed by atoms with Gasteiger partial charge in [-0.25, -0.2) is 14.2 Å². The highest BCUT2D eigenvalue weighted by Gasteiger charge is 2.44.